The van der Waals surface area contributed by atoms with Crippen LogP contribution < -0.4 is 4.74 Å². The van der Waals surface area contributed by atoms with Crippen LogP contribution in [-0.4, -0.2) is 0 Å². The van der Waals surface area contributed by atoms with E-state index in [0.717, 1.165) is 33.2 Å². The van der Waals surface area contributed by atoms with Crippen molar-refractivity contribution in [2.45, 2.75) is 6.61 Å². The van der Waals surface area contributed by atoms with Gasteiger partial charge in [-0.2, -0.15) is 5.26 Å². The molecule has 0 N–H and O–H groups in total. The van der Waals surface area contributed by atoms with E-state index >= 15 is 0 Å². The Morgan fingerprint density at radius 1 is 0.900 bits per heavy atom. The van der Waals surface area contributed by atoms with Crippen molar-refractivity contribution in [3.63, 3.8) is 0 Å². The van der Waals surface area contributed by atoms with E-state index in [-0.39, 0.29) is 0 Å². The Morgan fingerprint density at radius 2 is 1.67 bits per heavy atom. The summed E-state index contributed by atoms with van der Waals surface area (Å²) in [5, 5.41) is 13.1. The number of rotatable bonds is 5. The van der Waals surface area contributed by atoms with Crippen molar-refractivity contribution in [1.29, 1.82) is 5.26 Å². The number of nitrogens with zero attached hydrogens (tertiary/aromatic N) is 1. The lowest BCUT2D eigenvalue weighted by Gasteiger charge is -2.09. The molecule has 146 valence electrons. The van der Waals surface area contributed by atoms with Crippen molar-refractivity contribution in [3.8, 4) is 11.8 Å². The van der Waals surface area contributed by atoms with Crippen LogP contribution in [0.5, 0.6) is 5.75 Å². The van der Waals surface area contributed by atoms with Gasteiger partial charge in [-0.05, 0) is 46.7 Å². The number of hydrogen-bond acceptors (Lipinski definition) is 2. The van der Waals surface area contributed by atoms with Crippen molar-refractivity contribution in [2.75, 3.05) is 0 Å². The van der Waals surface area contributed by atoms with E-state index in [1.165, 1.54) is 0 Å². The summed E-state index contributed by atoms with van der Waals surface area (Å²) in [6.45, 7) is 0.352. The zero-order valence-corrected chi connectivity index (χ0v) is 17.5. The number of benzene rings is 4. The Kier molecular flexibility index (Phi) is 6.05. The molecule has 0 spiro atoms. The average molecular weight is 430 g/mol. The number of halogens is 2. The average Bonchev–Trinajstić information content (AvgIpc) is 2.77. The van der Waals surface area contributed by atoms with Crippen LogP contribution in [0.25, 0.3) is 22.4 Å². The van der Waals surface area contributed by atoms with Crippen LogP contribution in [0, 0.1) is 11.3 Å². The summed E-state index contributed by atoms with van der Waals surface area (Å²) in [6, 6.07) is 29.4. The molecule has 0 atom stereocenters. The number of fused-ring (bicyclic) bond motifs is 1. The van der Waals surface area contributed by atoms with Crippen LogP contribution in [0.1, 0.15) is 16.7 Å². The minimum atomic E-state index is 0.352. The van der Waals surface area contributed by atoms with Crippen molar-refractivity contribution in [3.05, 3.63) is 112 Å². The molecule has 0 saturated carbocycles. The fourth-order valence-electron chi connectivity index (χ4n) is 3.26. The zero-order chi connectivity index (χ0) is 20.9. The summed E-state index contributed by atoms with van der Waals surface area (Å²) < 4.78 is 5.83. The Labute approximate surface area is 185 Å². The molecule has 0 bridgehead atoms. The summed E-state index contributed by atoms with van der Waals surface area (Å²) in [5.41, 5.74) is 3.34. The van der Waals surface area contributed by atoms with E-state index in [9.17, 15) is 5.26 Å². The van der Waals surface area contributed by atoms with Gasteiger partial charge in [0.05, 0.1) is 11.6 Å². The van der Waals surface area contributed by atoms with Gasteiger partial charge in [-0.15, -0.1) is 0 Å². The maximum absolute atomic E-state index is 9.75. The topological polar surface area (TPSA) is 33.0 Å². The van der Waals surface area contributed by atoms with Crippen LogP contribution in [0.4, 0.5) is 0 Å². The Bertz CT molecular complexity index is 1270. The first kappa shape index (κ1) is 20.0. The van der Waals surface area contributed by atoms with Gasteiger partial charge in [0.15, 0.2) is 0 Å². The first-order chi connectivity index (χ1) is 14.6. The highest BCUT2D eigenvalue weighted by atomic mass is 35.5. The van der Waals surface area contributed by atoms with Crippen LogP contribution >= 0.6 is 23.2 Å². The lowest BCUT2D eigenvalue weighted by molar-refractivity contribution is 0.306. The first-order valence-corrected chi connectivity index (χ1v) is 10.2. The summed E-state index contributed by atoms with van der Waals surface area (Å²) in [6.07, 6.45) is 1.89. The molecule has 0 radical (unpaired) electrons. The Morgan fingerprint density at radius 3 is 2.43 bits per heavy atom. The maximum Gasteiger partial charge on any atom is 0.119 e. The number of hydrogen-bond donors (Lipinski definition) is 0. The molecule has 0 aliphatic carbocycles. The molecule has 0 aliphatic heterocycles. The zero-order valence-electron chi connectivity index (χ0n) is 16.0. The van der Waals surface area contributed by atoms with E-state index in [1.54, 1.807) is 12.1 Å². The van der Waals surface area contributed by atoms with Gasteiger partial charge < -0.3 is 4.74 Å². The maximum atomic E-state index is 9.75. The molecule has 0 fully saturated rings. The molecule has 4 aromatic carbocycles. The molecule has 0 heterocycles. The number of nitriles is 1. The third-order valence-electron chi connectivity index (χ3n) is 4.80. The van der Waals surface area contributed by atoms with E-state index in [1.807, 2.05) is 78.9 Å². The van der Waals surface area contributed by atoms with E-state index in [0.29, 0.717) is 22.2 Å². The van der Waals surface area contributed by atoms with Gasteiger partial charge in [0.2, 0.25) is 0 Å². The highest BCUT2D eigenvalue weighted by molar-refractivity contribution is 6.35. The molecule has 4 aromatic rings. The summed E-state index contributed by atoms with van der Waals surface area (Å²) in [7, 11) is 0. The van der Waals surface area contributed by atoms with Gasteiger partial charge in [0.25, 0.3) is 0 Å². The quantitative estimate of drug-likeness (QED) is 0.239. The van der Waals surface area contributed by atoms with Gasteiger partial charge in [-0.3, -0.25) is 0 Å². The fraction of sp³-hybridized carbons (Fsp3) is 0.0385. The van der Waals surface area contributed by atoms with Gasteiger partial charge in [-0.25, -0.2) is 0 Å². The summed E-state index contributed by atoms with van der Waals surface area (Å²) in [4.78, 5) is 0. The predicted octanol–water partition coefficient (Wildman–Crippen LogP) is 7.79. The molecular weight excluding hydrogens is 413 g/mol. The second-order valence-corrected chi connectivity index (χ2v) is 7.63. The first-order valence-electron chi connectivity index (χ1n) is 9.41. The molecule has 30 heavy (non-hydrogen) atoms. The van der Waals surface area contributed by atoms with E-state index in [4.69, 9.17) is 27.9 Å². The van der Waals surface area contributed by atoms with E-state index < -0.39 is 0 Å². The van der Waals surface area contributed by atoms with E-state index in [2.05, 4.69) is 6.07 Å². The van der Waals surface area contributed by atoms with Crippen molar-refractivity contribution in [1.82, 2.24) is 0 Å². The minimum absolute atomic E-state index is 0.352. The molecule has 0 amide bonds. The lowest BCUT2D eigenvalue weighted by Crippen LogP contribution is -1.96. The molecule has 0 aromatic heterocycles. The molecule has 2 nitrogen and oxygen atoms in total. The third kappa shape index (κ3) is 4.49. The molecule has 0 aliphatic rings. The Balaban J connectivity index is 1.54. The molecule has 0 unspecified atom stereocenters. The van der Waals surface area contributed by atoms with Gasteiger partial charge >= 0.3 is 0 Å². The smallest absolute Gasteiger partial charge is 0.119 e. The molecule has 4 heteroatoms. The third-order valence-corrected chi connectivity index (χ3v) is 5.39. The molecule has 0 saturated heterocycles. The van der Waals surface area contributed by atoms with Crippen LogP contribution in [-0.2, 0) is 6.61 Å². The second-order valence-electron chi connectivity index (χ2n) is 6.79. The minimum Gasteiger partial charge on any atom is -0.489 e. The molecule has 4 rings (SSSR count). The SMILES string of the molecule is N#C/C(=C/c1ccc(OCc2ccc(Cl)cc2Cl)cc1)c1cccc2ccccc12. The van der Waals surface area contributed by atoms with Crippen molar-refractivity contribution in [2.24, 2.45) is 0 Å². The van der Waals surface area contributed by atoms with Crippen LogP contribution in [0.2, 0.25) is 10.0 Å². The monoisotopic (exact) mass is 429 g/mol. The highest BCUT2D eigenvalue weighted by Crippen LogP contribution is 2.27. The largest absolute Gasteiger partial charge is 0.489 e. The highest BCUT2D eigenvalue weighted by Gasteiger charge is 2.07. The molecular formula is C26H17Cl2NO. The van der Waals surface area contributed by atoms with Gasteiger partial charge in [0, 0.05) is 21.2 Å². The number of allylic oxidation sites excluding steroid dienone is 1. The van der Waals surface area contributed by atoms with Crippen molar-refractivity contribution < 1.29 is 4.74 Å². The summed E-state index contributed by atoms with van der Waals surface area (Å²) in [5.74, 6) is 0.724. The van der Waals surface area contributed by atoms with Gasteiger partial charge in [-0.1, -0.05) is 83.9 Å². The standard InChI is InChI=1S/C26H17Cl2NO/c27-22-11-10-20(26(28)15-22)17-30-23-12-8-18(9-13-23)14-21(16-29)25-7-3-5-19-4-1-2-6-24(19)25/h1-15H,17H2/b21-14-. The van der Waals surface area contributed by atoms with Crippen molar-refractivity contribution >= 4 is 45.6 Å². The van der Waals surface area contributed by atoms with Crippen LogP contribution in [0.15, 0.2) is 84.9 Å². The second kappa shape index (κ2) is 9.05. The van der Waals surface area contributed by atoms with Gasteiger partial charge in [0.1, 0.15) is 12.4 Å². The summed E-state index contributed by atoms with van der Waals surface area (Å²) >= 11 is 12.1. The lowest BCUT2D eigenvalue weighted by atomic mass is 9.97. The normalized spacial score (nSPS) is 11.3. The number of ether oxygens (including phenoxy) is 1. The predicted molar refractivity (Wildman–Crippen MR) is 125 cm³/mol. The fourth-order valence-corrected chi connectivity index (χ4v) is 3.72. The Hall–Kier alpha value is -3.25. The van der Waals surface area contributed by atoms with Crippen LogP contribution in [0.3, 0.4) is 0 Å².